The van der Waals surface area contributed by atoms with Crippen LogP contribution in [0.3, 0.4) is 0 Å². The predicted octanol–water partition coefficient (Wildman–Crippen LogP) is 3.92. The zero-order valence-electron chi connectivity index (χ0n) is 17.6. The number of aliphatic hydroxyl groups excluding tert-OH is 1. The van der Waals surface area contributed by atoms with Gasteiger partial charge in [0.15, 0.2) is 5.17 Å². The van der Waals surface area contributed by atoms with Gasteiger partial charge in [-0.05, 0) is 69.6 Å². The third-order valence-corrected chi connectivity index (χ3v) is 6.50. The number of aryl methyl sites for hydroxylation is 1. The van der Waals surface area contributed by atoms with Crippen molar-refractivity contribution in [2.45, 2.75) is 34.6 Å². The molecule has 1 N–H and O–H groups in total. The van der Waals surface area contributed by atoms with Crippen molar-refractivity contribution in [3.05, 3.63) is 45.6 Å². The molecule has 0 radical (unpaired) electrons. The van der Waals surface area contributed by atoms with E-state index in [9.17, 15) is 14.7 Å². The van der Waals surface area contributed by atoms with E-state index in [0.29, 0.717) is 10.7 Å². The van der Waals surface area contributed by atoms with Crippen LogP contribution < -0.4 is 4.90 Å². The number of aliphatic hydroxyl groups is 1. The van der Waals surface area contributed by atoms with Crippen molar-refractivity contribution < 1.29 is 14.7 Å². The van der Waals surface area contributed by atoms with Crippen molar-refractivity contribution in [3.63, 3.8) is 0 Å². The average molecular weight is 414 g/mol. The second-order valence-corrected chi connectivity index (χ2v) is 7.88. The summed E-state index contributed by atoms with van der Waals surface area (Å²) >= 11 is 1.17. The minimum Gasteiger partial charge on any atom is -0.506 e. The van der Waals surface area contributed by atoms with E-state index in [1.54, 1.807) is 0 Å². The summed E-state index contributed by atoms with van der Waals surface area (Å²) in [5.74, 6) is -0.868. The van der Waals surface area contributed by atoms with Gasteiger partial charge >= 0.3 is 0 Å². The molecule has 0 fully saturated rings. The minimum atomic E-state index is -0.459. The monoisotopic (exact) mass is 413 g/mol. The lowest BCUT2D eigenvalue weighted by atomic mass is 9.81. The predicted molar refractivity (Wildman–Crippen MR) is 119 cm³/mol. The summed E-state index contributed by atoms with van der Waals surface area (Å²) in [4.78, 5) is 33.7. The number of carbonyl (C=O) groups is 2. The number of carbonyl (C=O) groups excluding carboxylic acids is 2. The number of nitrogens with zero attached hydrogens (tertiary/aromatic N) is 3. The Morgan fingerprint density at radius 1 is 0.966 bits per heavy atom. The standard InChI is InChI=1S/C22H27N3O3S/c1-6-24(7-2)14-10-11-15(13(5)12-14)16-18(26)17(19(16)27)20-21(28)23-22(29-20)25(8-3)9-4/h10-12,26H,6-9H2,1-5H3. The number of hydrogen-bond donors (Lipinski definition) is 1. The maximum Gasteiger partial charge on any atom is 0.287 e. The van der Waals surface area contributed by atoms with E-state index < -0.39 is 5.91 Å². The second-order valence-electron chi connectivity index (χ2n) is 6.90. The molecule has 1 aromatic carbocycles. The molecule has 154 valence electrons. The smallest absolute Gasteiger partial charge is 0.287 e. The Labute approximate surface area is 176 Å². The first-order chi connectivity index (χ1) is 13.9. The van der Waals surface area contributed by atoms with E-state index in [-0.39, 0.29) is 27.6 Å². The first-order valence-corrected chi connectivity index (χ1v) is 10.8. The minimum absolute atomic E-state index is 0.0909. The fourth-order valence-electron chi connectivity index (χ4n) is 3.66. The van der Waals surface area contributed by atoms with Crippen LogP contribution in [0.25, 0.3) is 5.57 Å². The van der Waals surface area contributed by atoms with Crippen LogP contribution in [-0.2, 0) is 9.59 Å². The summed E-state index contributed by atoms with van der Waals surface area (Å²) in [5, 5.41) is 11.2. The van der Waals surface area contributed by atoms with Gasteiger partial charge in [0, 0.05) is 31.9 Å². The largest absolute Gasteiger partial charge is 0.506 e. The van der Waals surface area contributed by atoms with Gasteiger partial charge in [-0.1, -0.05) is 6.07 Å². The van der Waals surface area contributed by atoms with Crippen LogP contribution in [0.2, 0.25) is 0 Å². The molecule has 7 heteroatoms. The number of aliphatic imine (C=N–C) groups is 1. The Morgan fingerprint density at radius 3 is 2.10 bits per heavy atom. The summed E-state index contributed by atoms with van der Waals surface area (Å²) in [6.07, 6.45) is 0. The number of hydrogen-bond acceptors (Lipinski definition) is 6. The van der Waals surface area contributed by atoms with Crippen molar-refractivity contribution in [1.82, 2.24) is 4.90 Å². The number of allylic oxidation sites excluding steroid dienone is 2. The van der Waals surface area contributed by atoms with E-state index in [1.165, 1.54) is 11.8 Å². The van der Waals surface area contributed by atoms with Gasteiger partial charge in [-0.2, -0.15) is 4.99 Å². The summed E-state index contributed by atoms with van der Waals surface area (Å²) in [5.41, 5.74) is 3.07. The molecule has 1 aliphatic carbocycles. The zero-order valence-corrected chi connectivity index (χ0v) is 18.4. The van der Waals surface area contributed by atoms with E-state index >= 15 is 0 Å². The molecule has 0 unspecified atom stereocenters. The first-order valence-electron chi connectivity index (χ1n) is 10.0. The Balaban J connectivity index is 1.94. The number of amides is 1. The molecule has 1 aromatic rings. The molecule has 29 heavy (non-hydrogen) atoms. The first kappa shape index (κ1) is 21.2. The van der Waals surface area contributed by atoms with Gasteiger partial charge in [0.05, 0.1) is 16.1 Å². The molecule has 3 rings (SSSR count). The van der Waals surface area contributed by atoms with Crippen LogP contribution in [0.4, 0.5) is 5.69 Å². The summed E-state index contributed by atoms with van der Waals surface area (Å²) < 4.78 is 0. The Bertz CT molecular complexity index is 954. The Kier molecular flexibility index (Phi) is 6.17. The van der Waals surface area contributed by atoms with Gasteiger partial charge in [0.2, 0.25) is 5.78 Å². The lowest BCUT2D eigenvalue weighted by Gasteiger charge is -2.26. The topological polar surface area (TPSA) is 73.2 Å². The van der Waals surface area contributed by atoms with Crippen molar-refractivity contribution >= 4 is 39.9 Å². The molecule has 1 aliphatic heterocycles. The van der Waals surface area contributed by atoms with Crippen molar-refractivity contribution in [3.8, 4) is 0 Å². The van der Waals surface area contributed by atoms with Crippen LogP contribution in [-0.4, -0.2) is 53.0 Å². The molecule has 6 nitrogen and oxygen atoms in total. The molecule has 1 amide bonds. The molecule has 0 saturated heterocycles. The number of benzene rings is 1. The van der Waals surface area contributed by atoms with Crippen LogP contribution in [0.15, 0.2) is 39.4 Å². The van der Waals surface area contributed by atoms with E-state index in [4.69, 9.17) is 0 Å². The van der Waals surface area contributed by atoms with Gasteiger partial charge in [-0.15, -0.1) is 0 Å². The van der Waals surface area contributed by atoms with Gasteiger partial charge in [-0.3, -0.25) is 9.59 Å². The molecular formula is C22H27N3O3S. The third-order valence-electron chi connectivity index (χ3n) is 5.38. The van der Waals surface area contributed by atoms with Gasteiger partial charge in [-0.25, -0.2) is 0 Å². The van der Waals surface area contributed by atoms with Crippen molar-refractivity contribution in [2.75, 3.05) is 31.1 Å². The quantitative estimate of drug-likeness (QED) is 0.713. The highest BCUT2D eigenvalue weighted by Gasteiger charge is 2.42. The van der Waals surface area contributed by atoms with Gasteiger partial charge in [0.1, 0.15) is 5.76 Å². The molecule has 1 heterocycles. The van der Waals surface area contributed by atoms with Gasteiger partial charge in [0.25, 0.3) is 5.91 Å². The van der Waals surface area contributed by atoms with Crippen LogP contribution in [0, 0.1) is 6.92 Å². The van der Waals surface area contributed by atoms with E-state index in [0.717, 1.165) is 37.4 Å². The Hall–Kier alpha value is -2.54. The number of amidine groups is 1. The van der Waals surface area contributed by atoms with Gasteiger partial charge < -0.3 is 14.9 Å². The van der Waals surface area contributed by atoms with E-state index in [2.05, 4.69) is 23.7 Å². The fraction of sp³-hybridized carbons (Fsp3) is 0.409. The summed E-state index contributed by atoms with van der Waals surface area (Å²) in [6, 6.07) is 5.86. The molecule has 2 aliphatic rings. The number of Topliss-reactive ketones (excluding diaryl/α,β-unsaturated/α-hetero) is 1. The second kappa shape index (κ2) is 8.45. The van der Waals surface area contributed by atoms with Crippen molar-refractivity contribution in [2.24, 2.45) is 4.99 Å². The van der Waals surface area contributed by atoms with E-state index in [1.807, 2.05) is 43.9 Å². The van der Waals surface area contributed by atoms with Crippen molar-refractivity contribution in [1.29, 1.82) is 0 Å². The summed E-state index contributed by atoms with van der Waals surface area (Å²) in [6.45, 7) is 13.3. The normalized spacial score (nSPS) is 18.9. The number of rotatable bonds is 6. The summed E-state index contributed by atoms with van der Waals surface area (Å²) in [7, 11) is 0. The fourth-order valence-corrected chi connectivity index (χ4v) is 4.78. The lowest BCUT2D eigenvalue weighted by Crippen LogP contribution is -2.27. The maximum atomic E-state index is 12.9. The third kappa shape index (κ3) is 3.59. The van der Waals surface area contributed by atoms with Crippen LogP contribution in [0.1, 0.15) is 38.8 Å². The molecule has 0 saturated carbocycles. The number of ketones is 1. The lowest BCUT2D eigenvalue weighted by molar-refractivity contribution is -0.115. The zero-order chi connectivity index (χ0) is 21.3. The Morgan fingerprint density at radius 2 is 1.59 bits per heavy atom. The average Bonchev–Trinajstić information content (AvgIpc) is 3.06. The highest BCUT2D eigenvalue weighted by Crippen LogP contribution is 2.44. The highest BCUT2D eigenvalue weighted by atomic mass is 32.2. The SMILES string of the molecule is CCN(CC)C1=NC(=O)C(=C2C(=O)C(c3ccc(N(CC)CC)cc3C)=C2O)S1. The number of anilines is 1. The molecule has 0 aromatic heterocycles. The number of thioether (sulfide) groups is 1. The van der Waals surface area contributed by atoms with Crippen LogP contribution in [0.5, 0.6) is 0 Å². The highest BCUT2D eigenvalue weighted by molar-refractivity contribution is 8.18. The molecule has 0 spiro atoms. The molecule has 0 atom stereocenters. The molecular weight excluding hydrogens is 386 g/mol. The maximum absolute atomic E-state index is 12.9. The molecule has 0 bridgehead atoms. The van der Waals surface area contributed by atoms with Crippen LogP contribution >= 0.6 is 11.8 Å².